The minimum Gasteiger partial charge on any atom is -0.392 e. The van der Waals surface area contributed by atoms with Gasteiger partial charge in [0.05, 0.1) is 18.3 Å². The van der Waals surface area contributed by atoms with Gasteiger partial charge >= 0.3 is 0 Å². The van der Waals surface area contributed by atoms with Crippen LogP contribution in [0.2, 0.25) is 0 Å². The fraction of sp³-hybridized carbons (Fsp3) is 0.143. The number of nitrogens with zero attached hydrogens (tertiary/aromatic N) is 2. The number of hydrogen-bond donors (Lipinski definition) is 1. The summed E-state index contributed by atoms with van der Waals surface area (Å²) in [7, 11) is 0. The fourth-order valence-corrected chi connectivity index (χ4v) is 1.56. The Labute approximate surface area is 67.6 Å². The minimum atomic E-state index is 0.0305. The summed E-state index contributed by atoms with van der Waals surface area (Å²) in [6.45, 7) is 0.0305. The van der Waals surface area contributed by atoms with Crippen molar-refractivity contribution in [3.05, 3.63) is 23.8 Å². The second-order valence-electron chi connectivity index (χ2n) is 2.21. The smallest absolute Gasteiger partial charge is 0.110 e. The van der Waals surface area contributed by atoms with Gasteiger partial charge in [0.15, 0.2) is 0 Å². The van der Waals surface area contributed by atoms with Gasteiger partial charge in [-0.15, -0.1) is 0 Å². The molecule has 1 aromatic heterocycles. The maximum Gasteiger partial charge on any atom is 0.110 e. The molecular weight excluding hydrogens is 160 g/mol. The van der Waals surface area contributed by atoms with Crippen LogP contribution < -0.4 is 0 Å². The largest absolute Gasteiger partial charge is 0.392 e. The highest BCUT2D eigenvalue weighted by Gasteiger charge is 2.01. The van der Waals surface area contributed by atoms with Crippen LogP contribution >= 0.6 is 11.7 Å². The highest BCUT2D eigenvalue weighted by Crippen LogP contribution is 2.15. The average Bonchev–Trinajstić information content (AvgIpc) is 2.50. The van der Waals surface area contributed by atoms with Gasteiger partial charge in [-0.2, -0.15) is 8.75 Å². The minimum absolute atomic E-state index is 0.0305. The summed E-state index contributed by atoms with van der Waals surface area (Å²) in [6.07, 6.45) is 0. The topological polar surface area (TPSA) is 46.0 Å². The molecule has 0 saturated heterocycles. The molecule has 0 fully saturated rings. The van der Waals surface area contributed by atoms with Gasteiger partial charge in [-0.1, -0.05) is 12.1 Å². The van der Waals surface area contributed by atoms with E-state index in [-0.39, 0.29) is 6.61 Å². The van der Waals surface area contributed by atoms with Crippen LogP contribution in [0.15, 0.2) is 18.2 Å². The Hall–Kier alpha value is -1.00. The third kappa shape index (κ3) is 1.00. The third-order valence-electron chi connectivity index (χ3n) is 1.54. The van der Waals surface area contributed by atoms with E-state index in [1.54, 1.807) is 0 Å². The number of fused-ring (bicyclic) bond motifs is 1. The summed E-state index contributed by atoms with van der Waals surface area (Å²) >= 11 is 1.17. The predicted molar refractivity (Wildman–Crippen MR) is 43.3 cm³/mol. The number of aromatic nitrogens is 2. The molecule has 1 N–H and O–H groups in total. The lowest BCUT2D eigenvalue weighted by atomic mass is 10.2. The van der Waals surface area contributed by atoms with Gasteiger partial charge in [0.1, 0.15) is 11.0 Å². The fourth-order valence-electron chi connectivity index (χ4n) is 0.990. The van der Waals surface area contributed by atoms with E-state index in [2.05, 4.69) is 8.75 Å². The van der Waals surface area contributed by atoms with Gasteiger partial charge in [-0.3, -0.25) is 0 Å². The molecule has 4 heteroatoms. The molecule has 0 aliphatic heterocycles. The molecule has 0 radical (unpaired) electrons. The van der Waals surface area contributed by atoms with Gasteiger partial charge < -0.3 is 5.11 Å². The summed E-state index contributed by atoms with van der Waals surface area (Å²) < 4.78 is 8.11. The van der Waals surface area contributed by atoms with Crippen molar-refractivity contribution in [2.45, 2.75) is 6.61 Å². The van der Waals surface area contributed by atoms with Crippen LogP contribution in [-0.2, 0) is 6.61 Å². The van der Waals surface area contributed by atoms with Gasteiger partial charge in [-0.05, 0) is 6.07 Å². The zero-order valence-corrected chi connectivity index (χ0v) is 6.51. The lowest BCUT2D eigenvalue weighted by molar-refractivity contribution is 0.283. The summed E-state index contributed by atoms with van der Waals surface area (Å²) in [6, 6.07) is 5.61. The molecule has 1 aromatic carbocycles. The lowest BCUT2D eigenvalue weighted by Crippen LogP contribution is -1.83. The summed E-state index contributed by atoms with van der Waals surface area (Å²) in [5, 5.41) is 8.89. The Morgan fingerprint density at radius 1 is 1.36 bits per heavy atom. The molecule has 0 saturated carbocycles. The van der Waals surface area contributed by atoms with Crippen molar-refractivity contribution < 1.29 is 5.11 Å². The van der Waals surface area contributed by atoms with E-state index in [0.717, 1.165) is 16.6 Å². The Morgan fingerprint density at radius 2 is 2.27 bits per heavy atom. The van der Waals surface area contributed by atoms with Crippen LogP contribution in [0.5, 0.6) is 0 Å². The molecule has 3 nitrogen and oxygen atoms in total. The number of hydrogen-bond acceptors (Lipinski definition) is 4. The van der Waals surface area contributed by atoms with E-state index in [1.807, 2.05) is 18.2 Å². The van der Waals surface area contributed by atoms with Gasteiger partial charge in [0.2, 0.25) is 0 Å². The maximum atomic E-state index is 8.89. The predicted octanol–water partition coefficient (Wildman–Crippen LogP) is 1.18. The average molecular weight is 166 g/mol. The first-order chi connectivity index (χ1) is 5.42. The van der Waals surface area contributed by atoms with Crippen molar-refractivity contribution in [1.29, 1.82) is 0 Å². The third-order valence-corrected chi connectivity index (χ3v) is 2.08. The standard InChI is InChI=1S/C7H6N2OS/c10-4-5-2-1-3-6-7(5)9-11-8-6/h1-3,10H,4H2. The Bertz CT molecular complexity index is 371. The van der Waals surface area contributed by atoms with E-state index >= 15 is 0 Å². The van der Waals surface area contributed by atoms with E-state index in [4.69, 9.17) is 5.11 Å². The van der Waals surface area contributed by atoms with E-state index < -0.39 is 0 Å². The molecule has 56 valence electrons. The molecule has 2 rings (SSSR count). The molecule has 0 bridgehead atoms. The molecule has 0 unspecified atom stereocenters. The Balaban J connectivity index is 2.79. The van der Waals surface area contributed by atoms with Gasteiger partial charge in [-0.25, -0.2) is 0 Å². The monoisotopic (exact) mass is 166 g/mol. The van der Waals surface area contributed by atoms with E-state index in [9.17, 15) is 0 Å². The van der Waals surface area contributed by atoms with E-state index in [0.29, 0.717) is 0 Å². The number of aliphatic hydroxyl groups excluding tert-OH is 1. The zero-order valence-electron chi connectivity index (χ0n) is 5.69. The first-order valence-electron chi connectivity index (χ1n) is 3.23. The molecule has 0 spiro atoms. The van der Waals surface area contributed by atoms with Crippen LogP contribution in [-0.4, -0.2) is 13.9 Å². The summed E-state index contributed by atoms with van der Waals surface area (Å²) in [5.41, 5.74) is 2.53. The Kier molecular flexibility index (Phi) is 1.56. The van der Waals surface area contributed by atoms with Crippen LogP contribution in [0.3, 0.4) is 0 Å². The second kappa shape index (κ2) is 2.56. The summed E-state index contributed by atoms with van der Waals surface area (Å²) in [5.74, 6) is 0. The number of benzene rings is 1. The molecule has 0 aliphatic carbocycles. The van der Waals surface area contributed by atoms with Crippen molar-refractivity contribution in [3.63, 3.8) is 0 Å². The molecule has 0 aliphatic rings. The van der Waals surface area contributed by atoms with E-state index in [1.165, 1.54) is 11.7 Å². The van der Waals surface area contributed by atoms with Gasteiger partial charge in [0, 0.05) is 5.56 Å². The molecule has 2 aromatic rings. The van der Waals surface area contributed by atoms with Crippen molar-refractivity contribution in [1.82, 2.24) is 8.75 Å². The lowest BCUT2D eigenvalue weighted by Gasteiger charge is -1.93. The molecular formula is C7H6N2OS. The van der Waals surface area contributed by atoms with Crippen LogP contribution in [0.1, 0.15) is 5.56 Å². The quantitative estimate of drug-likeness (QED) is 0.692. The highest BCUT2D eigenvalue weighted by molar-refractivity contribution is 7.00. The van der Waals surface area contributed by atoms with Gasteiger partial charge in [0.25, 0.3) is 0 Å². The number of rotatable bonds is 1. The maximum absolute atomic E-state index is 8.89. The molecule has 1 heterocycles. The Morgan fingerprint density at radius 3 is 3.09 bits per heavy atom. The summed E-state index contributed by atoms with van der Waals surface area (Å²) in [4.78, 5) is 0. The van der Waals surface area contributed by atoms with Crippen molar-refractivity contribution >= 4 is 22.8 Å². The SMILES string of the molecule is OCc1cccc2nsnc12. The zero-order chi connectivity index (χ0) is 7.68. The first-order valence-corrected chi connectivity index (χ1v) is 3.96. The highest BCUT2D eigenvalue weighted by atomic mass is 32.1. The molecule has 0 amide bonds. The first kappa shape index (κ1) is 6.69. The molecule has 0 atom stereocenters. The van der Waals surface area contributed by atoms with Crippen LogP contribution in [0.25, 0.3) is 11.0 Å². The van der Waals surface area contributed by atoms with Crippen molar-refractivity contribution in [2.75, 3.05) is 0 Å². The van der Waals surface area contributed by atoms with Crippen LogP contribution in [0.4, 0.5) is 0 Å². The normalized spacial score (nSPS) is 10.6. The van der Waals surface area contributed by atoms with Crippen molar-refractivity contribution in [2.24, 2.45) is 0 Å². The second-order valence-corrected chi connectivity index (χ2v) is 2.74. The van der Waals surface area contributed by atoms with Crippen molar-refractivity contribution in [3.8, 4) is 0 Å². The molecule has 11 heavy (non-hydrogen) atoms. The van der Waals surface area contributed by atoms with Crippen LogP contribution in [0, 0.1) is 0 Å². The number of aliphatic hydroxyl groups is 1.